The molecule has 1 fully saturated rings. The minimum absolute atomic E-state index is 0.357. The van der Waals surface area contributed by atoms with Crippen LogP contribution in [0.2, 0.25) is 0 Å². The molecule has 12 heavy (non-hydrogen) atoms. The molecule has 1 heterocycles. The number of rotatable bonds is 3. The summed E-state index contributed by atoms with van der Waals surface area (Å²) < 4.78 is 0. The van der Waals surface area contributed by atoms with E-state index in [0.29, 0.717) is 17.7 Å². The van der Waals surface area contributed by atoms with E-state index in [4.69, 9.17) is 0 Å². The standard InChI is InChI=1S/C10H19NO/c1-4-9-5-10(12)11(7-9)6-8(2)3/h8-9H,4-7H2,1-3H3. The van der Waals surface area contributed by atoms with Crippen LogP contribution in [0.25, 0.3) is 0 Å². The molecule has 1 rings (SSSR count). The van der Waals surface area contributed by atoms with Crippen LogP contribution in [-0.4, -0.2) is 23.9 Å². The largest absolute Gasteiger partial charge is 0.342 e. The molecule has 1 saturated heterocycles. The molecule has 1 unspecified atom stereocenters. The molecule has 1 aliphatic rings. The van der Waals surface area contributed by atoms with Gasteiger partial charge in [0.05, 0.1) is 0 Å². The Hall–Kier alpha value is -0.530. The zero-order valence-electron chi connectivity index (χ0n) is 8.34. The van der Waals surface area contributed by atoms with Crippen molar-refractivity contribution in [3.05, 3.63) is 0 Å². The molecule has 1 atom stereocenters. The first-order valence-electron chi connectivity index (χ1n) is 4.91. The molecule has 0 aromatic rings. The van der Waals surface area contributed by atoms with Crippen molar-refractivity contribution < 1.29 is 4.79 Å². The van der Waals surface area contributed by atoms with Gasteiger partial charge in [-0.05, 0) is 11.8 Å². The fourth-order valence-corrected chi connectivity index (χ4v) is 1.74. The smallest absolute Gasteiger partial charge is 0.222 e. The summed E-state index contributed by atoms with van der Waals surface area (Å²) in [5.74, 6) is 1.58. The number of nitrogens with zero attached hydrogens (tertiary/aromatic N) is 1. The predicted molar refractivity (Wildman–Crippen MR) is 49.8 cm³/mol. The van der Waals surface area contributed by atoms with Crippen LogP contribution in [0.1, 0.15) is 33.6 Å². The molecule has 0 radical (unpaired) electrons. The molecule has 0 aromatic carbocycles. The zero-order valence-corrected chi connectivity index (χ0v) is 8.34. The molecular weight excluding hydrogens is 150 g/mol. The van der Waals surface area contributed by atoms with Crippen molar-refractivity contribution in [3.8, 4) is 0 Å². The summed E-state index contributed by atoms with van der Waals surface area (Å²) >= 11 is 0. The van der Waals surface area contributed by atoms with Crippen LogP contribution < -0.4 is 0 Å². The number of carbonyl (C=O) groups is 1. The summed E-state index contributed by atoms with van der Waals surface area (Å²) in [5, 5.41) is 0. The second kappa shape index (κ2) is 3.92. The Morgan fingerprint density at radius 2 is 2.25 bits per heavy atom. The first-order chi connectivity index (χ1) is 5.63. The third-order valence-electron chi connectivity index (χ3n) is 2.46. The molecule has 0 N–H and O–H groups in total. The van der Waals surface area contributed by atoms with Crippen LogP contribution in [0.5, 0.6) is 0 Å². The maximum atomic E-state index is 11.4. The Morgan fingerprint density at radius 1 is 1.58 bits per heavy atom. The van der Waals surface area contributed by atoms with E-state index < -0.39 is 0 Å². The molecular formula is C10H19NO. The van der Waals surface area contributed by atoms with Gasteiger partial charge in [-0.2, -0.15) is 0 Å². The van der Waals surface area contributed by atoms with Gasteiger partial charge in [-0.1, -0.05) is 27.2 Å². The highest BCUT2D eigenvalue weighted by molar-refractivity contribution is 5.78. The van der Waals surface area contributed by atoms with Gasteiger partial charge in [0.2, 0.25) is 5.91 Å². The van der Waals surface area contributed by atoms with E-state index in [1.54, 1.807) is 0 Å². The second-order valence-corrected chi connectivity index (χ2v) is 4.17. The summed E-state index contributed by atoms with van der Waals surface area (Å²) in [5.41, 5.74) is 0. The number of likely N-dealkylation sites (tertiary alicyclic amines) is 1. The molecule has 1 aliphatic heterocycles. The third kappa shape index (κ3) is 2.23. The van der Waals surface area contributed by atoms with Crippen LogP contribution in [-0.2, 0) is 4.79 Å². The molecule has 0 aliphatic carbocycles. The molecule has 2 nitrogen and oxygen atoms in total. The average Bonchev–Trinajstić information content (AvgIpc) is 2.31. The lowest BCUT2D eigenvalue weighted by molar-refractivity contribution is -0.128. The maximum absolute atomic E-state index is 11.4. The Balaban J connectivity index is 2.41. The highest BCUT2D eigenvalue weighted by atomic mass is 16.2. The van der Waals surface area contributed by atoms with Gasteiger partial charge in [0.25, 0.3) is 0 Å². The lowest BCUT2D eigenvalue weighted by atomic mass is 10.1. The van der Waals surface area contributed by atoms with E-state index in [9.17, 15) is 4.79 Å². The molecule has 70 valence electrons. The van der Waals surface area contributed by atoms with Crippen molar-refractivity contribution >= 4 is 5.91 Å². The number of hydrogen-bond donors (Lipinski definition) is 0. The molecule has 0 spiro atoms. The summed E-state index contributed by atoms with van der Waals surface area (Å²) in [4.78, 5) is 13.4. The van der Waals surface area contributed by atoms with Gasteiger partial charge < -0.3 is 4.90 Å². The fourth-order valence-electron chi connectivity index (χ4n) is 1.74. The maximum Gasteiger partial charge on any atom is 0.222 e. The minimum atomic E-state index is 0.357. The van der Waals surface area contributed by atoms with Crippen molar-refractivity contribution in [2.24, 2.45) is 11.8 Å². The molecule has 1 amide bonds. The first kappa shape index (κ1) is 9.56. The minimum Gasteiger partial charge on any atom is -0.342 e. The lowest BCUT2D eigenvalue weighted by Gasteiger charge is -2.18. The van der Waals surface area contributed by atoms with E-state index in [-0.39, 0.29) is 0 Å². The van der Waals surface area contributed by atoms with E-state index in [0.717, 1.165) is 25.9 Å². The van der Waals surface area contributed by atoms with E-state index in [2.05, 4.69) is 20.8 Å². The van der Waals surface area contributed by atoms with Gasteiger partial charge in [0, 0.05) is 19.5 Å². The summed E-state index contributed by atoms with van der Waals surface area (Å²) in [6.45, 7) is 8.42. The summed E-state index contributed by atoms with van der Waals surface area (Å²) in [7, 11) is 0. The number of hydrogen-bond acceptors (Lipinski definition) is 1. The Morgan fingerprint density at radius 3 is 2.67 bits per heavy atom. The van der Waals surface area contributed by atoms with E-state index >= 15 is 0 Å². The van der Waals surface area contributed by atoms with Crippen LogP contribution in [0, 0.1) is 11.8 Å². The molecule has 0 aromatic heterocycles. The second-order valence-electron chi connectivity index (χ2n) is 4.17. The zero-order chi connectivity index (χ0) is 9.14. The normalized spacial score (nSPS) is 24.2. The van der Waals surface area contributed by atoms with Gasteiger partial charge in [0.1, 0.15) is 0 Å². The Labute approximate surface area is 74.9 Å². The monoisotopic (exact) mass is 169 g/mol. The van der Waals surface area contributed by atoms with Gasteiger partial charge in [-0.15, -0.1) is 0 Å². The third-order valence-corrected chi connectivity index (χ3v) is 2.46. The van der Waals surface area contributed by atoms with Crippen LogP contribution in [0.3, 0.4) is 0 Å². The highest BCUT2D eigenvalue weighted by Crippen LogP contribution is 2.21. The number of amides is 1. The van der Waals surface area contributed by atoms with Crippen LogP contribution in [0.4, 0.5) is 0 Å². The van der Waals surface area contributed by atoms with Crippen molar-refractivity contribution in [1.82, 2.24) is 4.90 Å². The molecule has 0 saturated carbocycles. The molecule has 0 bridgehead atoms. The Kier molecular flexibility index (Phi) is 3.12. The SMILES string of the molecule is CCC1CC(=O)N(CC(C)C)C1. The highest BCUT2D eigenvalue weighted by Gasteiger charge is 2.28. The molecule has 2 heteroatoms. The van der Waals surface area contributed by atoms with Crippen molar-refractivity contribution in [3.63, 3.8) is 0 Å². The fraction of sp³-hybridized carbons (Fsp3) is 0.900. The van der Waals surface area contributed by atoms with Crippen molar-refractivity contribution in [2.45, 2.75) is 33.6 Å². The van der Waals surface area contributed by atoms with Gasteiger partial charge in [-0.3, -0.25) is 4.79 Å². The Bertz CT molecular complexity index is 165. The van der Waals surface area contributed by atoms with E-state index in [1.807, 2.05) is 4.90 Å². The van der Waals surface area contributed by atoms with Crippen LogP contribution in [0.15, 0.2) is 0 Å². The van der Waals surface area contributed by atoms with E-state index in [1.165, 1.54) is 0 Å². The predicted octanol–water partition coefficient (Wildman–Crippen LogP) is 1.90. The number of carbonyl (C=O) groups excluding carboxylic acids is 1. The lowest BCUT2D eigenvalue weighted by Crippen LogP contribution is -2.29. The van der Waals surface area contributed by atoms with Crippen LogP contribution >= 0.6 is 0 Å². The quantitative estimate of drug-likeness (QED) is 0.632. The summed E-state index contributed by atoms with van der Waals surface area (Å²) in [6, 6.07) is 0. The van der Waals surface area contributed by atoms with Crippen molar-refractivity contribution in [2.75, 3.05) is 13.1 Å². The average molecular weight is 169 g/mol. The van der Waals surface area contributed by atoms with Crippen molar-refractivity contribution in [1.29, 1.82) is 0 Å². The topological polar surface area (TPSA) is 20.3 Å². The van der Waals surface area contributed by atoms with Gasteiger partial charge >= 0.3 is 0 Å². The first-order valence-corrected chi connectivity index (χ1v) is 4.91. The van der Waals surface area contributed by atoms with Gasteiger partial charge in [0.15, 0.2) is 0 Å². The summed E-state index contributed by atoms with van der Waals surface area (Å²) in [6.07, 6.45) is 1.92. The van der Waals surface area contributed by atoms with Gasteiger partial charge in [-0.25, -0.2) is 0 Å².